The molecule has 2 atom stereocenters. The van der Waals surface area contributed by atoms with Crippen LogP contribution in [-0.4, -0.2) is 65.7 Å². The van der Waals surface area contributed by atoms with Crippen LogP contribution in [0, 0.1) is 0 Å². The van der Waals surface area contributed by atoms with E-state index in [1.165, 1.54) is 17.7 Å². The summed E-state index contributed by atoms with van der Waals surface area (Å²) in [6, 6.07) is -0.503. The number of carboxylic acid groups (broad SMARTS) is 1. The summed E-state index contributed by atoms with van der Waals surface area (Å²) in [6.45, 7) is 2.23. The van der Waals surface area contributed by atoms with E-state index in [9.17, 15) is 9.59 Å². The van der Waals surface area contributed by atoms with Crippen LogP contribution in [0.1, 0.15) is 32.1 Å². The molecule has 0 spiro atoms. The quantitative estimate of drug-likeness (QED) is 0.792. The number of carboxylic acids is 1. The molecule has 2 aliphatic heterocycles. The first-order valence-electron chi connectivity index (χ1n) is 7.07. The number of rotatable bonds is 3. The molecular weight excluding hydrogens is 246 g/mol. The Labute approximate surface area is 113 Å². The van der Waals surface area contributed by atoms with Crippen LogP contribution in [0.5, 0.6) is 0 Å². The van der Waals surface area contributed by atoms with Crippen molar-refractivity contribution < 1.29 is 14.7 Å². The first-order chi connectivity index (χ1) is 9.09. The summed E-state index contributed by atoms with van der Waals surface area (Å²) in [4.78, 5) is 26.8. The van der Waals surface area contributed by atoms with E-state index in [1.54, 1.807) is 0 Å². The molecule has 2 aliphatic rings. The molecule has 1 unspecified atom stereocenters. The Balaban J connectivity index is 1.82. The predicted octanol–water partition coefficient (Wildman–Crippen LogP) is 0.729. The van der Waals surface area contributed by atoms with Gasteiger partial charge >= 0.3 is 12.0 Å². The number of piperidine rings is 1. The molecule has 2 heterocycles. The van der Waals surface area contributed by atoms with Crippen molar-refractivity contribution in [3.05, 3.63) is 0 Å². The van der Waals surface area contributed by atoms with Gasteiger partial charge in [0.25, 0.3) is 0 Å². The van der Waals surface area contributed by atoms with Crippen LogP contribution in [-0.2, 0) is 4.79 Å². The molecule has 19 heavy (non-hydrogen) atoms. The van der Waals surface area contributed by atoms with Crippen LogP contribution in [0.25, 0.3) is 0 Å². The second-order valence-corrected chi connectivity index (χ2v) is 5.51. The maximum atomic E-state index is 12.0. The van der Waals surface area contributed by atoms with Gasteiger partial charge in [-0.2, -0.15) is 0 Å². The van der Waals surface area contributed by atoms with Gasteiger partial charge in [0.05, 0.1) is 0 Å². The van der Waals surface area contributed by atoms with Crippen molar-refractivity contribution in [2.24, 2.45) is 0 Å². The van der Waals surface area contributed by atoms with E-state index in [4.69, 9.17) is 5.11 Å². The van der Waals surface area contributed by atoms with Crippen molar-refractivity contribution in [3.8, 4) is 0 Å². The predicted molar refractivity (Wildman–Crippen MR) is 71.0 cm³/mol. The van der Waals surface area contributed by atoms with Gasteiger partial charge in [0, 0.05) is 19.1 Å². The number of carbonyl (C=O) groups is 2. The van der Waals surface area contributed by atoms with Crippen molar-refractivity contribution in [1.29, 1.82) is 0 Å². The zero-order valence-corrected chi connectivity index (χ0v) is 11.5. The van der Waals surface area contributed by atoms with E-state index in [2.05, 4.69) is 17.3 Å². The number of nitrogens with one attached hydrogen (secondary N) is 1. The summed E-state index contributed by atoms with van der Waals surface area (Å²) in [5.41, 5.74) is 0. The van der Waals surface area contributed by atoms with Gasteiger partial charge in [0.2, 0.25) is 0 Å². The van der Waals surface area contributed by atoms with E-state index in [-0.39, 0.29) is 6.03 Å². The minimum atomic E-state index is -0.901. The topological polar surface area (TPSA) is 72.9 Å². The highest BCUT2D eigenvalue weighted by molar-refractivity contribution is 5.83. The second kappa shape index (κ2) is 6.23. The fourth-order valence-electron chi connectivity index (χ4n) is 2.98. The molecule has 0 aromatic rings. The minimum absolute atomic E-state index is 0.233. The van der Waals surface area contributed by atoms with E-state index in [0.717, 1.165) is 19.4 Å². The van der Waals surface area contributed by atoms with Crippen molar-refractivity contribution in [3.63, 3.8) is 0 Å². The number of aliphatic carboxylic acids is 1. The SMILES string of the molecule is CN1CCCCC1CNC(=O)N1CCC[C@@H]1C(=O)O. The largest absolute Gasteiger partial charge is 0.480 e. The minimum Gasteiger partial charge on any atom is -0.480 e. The lowest BCUT2D eigenvalue weighted by Gasteiger charge is -2.33. The number of nitrogens with zero attached hydrogens (tertiary/aromatic N) is 2. The second-order valence-electron chi connectivity index (χ2n) is 5.51. The molecule has 2 saturated heterocycles. The molecule has 0 aromatic carbocycles. The normalized spacial score (nSPS) is 28.4. The average molecular weight is 269 g/mol. The van der Waals surface area contributed by atoms with Crippen molar-refractivity contribution >= 4 is 12.0 Å². The molecule has 0 bridgehead atoms. The first-order valence-corrected chi connectivity index (χ1v) is 7.07. The maximum Gasteiger partial charge on any atom is 0.326 e. The lowest BCUT2D eigenvalue weighted by molar-refractivity contribution is -0.141. The Kier molecular flexibility index (Phi) is 4.63. The van der Waals surface area contributed by atoms with Crippen LogP contribution in [0.4, 0.5) is 4.79 Å². The van der Waals surface area contributed by atoms with Gasteiger partial charge in [0.1, 0.15) is 6.04 Å². The van der Waals surface area contributed by atoms with Crippen molar-refractivity contribution in [2.75, 3.05) is 26.7 Å². The summed E-state index contributed by atoms with van der Waals surface area (Å²) in [5.74, 6) is -0.901. The van der Waals surface area contributed by atoms with Crippen LogP contribution in [0.15, 0.2) is 0 Å². The zero-order valence-electron chi connectivity index (χ0n) is 11.5. The molecule has 2 amide bonds. The zero-order chi connectivity index (χ0) is 13.8. The lowest BCUT2D eigenvalue weighted by atomic mass is 10.0. The van der Waals surface area contributed by atoms with E-state index < -0.39 is 12.0 Å². The van der Waals surface area contributed by atoms with Gasteiger partial charge in [0.15, 0.2) is 0 Å². The third kappa shape index (κ3) is 3.37. The third-order valence-electron chi connectivity index (χ3n) is 4.21. The summed E-state index contributed by atoms with van der Waals surface area (Å²) in [5, 5.41) is 12.0. The van der Waals surface area contributed by atoms with Gasteiger partial charge < -0.3 is 20.2 Å². The Morgan fingerprint density at radius 3 is 2.68 bits per heavy atom. The number of likely N-dealkylation sites (N-methyl/N-ethyl adjacent to an activating group) is 1. The molecule has 2 rings (SSSR count). The standard InChI is InChI=1S/C13H23N3O3/c1-15-7-3-2-5-10(15)9-14-13(19)16-8-4-6-11(16)12(17)18/h10-11H,2-9H2,1H3,(H,14,19)(H,17,18)/t10?,11-/m1/s1. The molecule has 0 radical (unpaired) electrons. The monoisotopic (exact) mass is 269 g/mol. The highest BCUT2D eigenvalue weighted by Gasteiger charge is 2.34. The van der Waals surface area contributed by atoms with Crippen LogP contribution in [0.2, 0.25) is 0 Å². The molecule has 108 valence electrons. The lowest BCUT2D eigenvalue weighted by Crippen LogP contribution is -2.50. The number of likely N-dealkylation sites (tertiary alicyclic amines) is 2. The maximum absolute atomic E-state index is 12.0. The van der Waals surface area contributed by atoms with Gasteiger partial charge in [-0.3, -0.25) is 0 Å². The fourth-order valence-corrected chi connectivity index (χ4v) is 2.98. The van der Waals surface area contributed by atoms with Crippen LogP contribution in [0.3, 0.4) is 0 Å². The Hall–Kier alpha value is -1.30. The number of hydrogen-bond acceptors (Lipinski definition) is 3. The van der Waals surface area contributed by atoms with E-state index in [1.807, 2.05) is 0 Å². The van der Waals surface area contributed by atoms with Gasteiger partial charge in [-0.15, -0.1) is 0 Å². The Morgan fingerprint density at radius 2 is 2.00 bits per heavy atom. The van der Waals surface area contributed by atoms with Gasteiger partial charge in [-0.05, 0) is 39.3 Å². The number of amides is 2. The smallest absolute Gasteiger partial charge is 0.326 e. The van der Waals surface area contributed by atoms with E-state index >= 15 is 0 Å². The molecule has 6 nitrogen and oxygen atoms in total. The van der Waals surface area contributed by atoms with Crippen LogP contribution < -0.4 is 5.32 Å². The van der Waals surface area contributed by atoms with E-state index in [0.29, 0.717) is 25.6 Å². The van der Waals surface area contributed by atoms with Gasteiger partial charge in [-0.1, -0.05) is 6.42 Å². The summed E-state index contributed by atoms with van der Waals surface area (Å²) < 4.78 is 0. The molecule has 0 aromatic heterocycles. The molecule has 0 aliphatic carbocycles. The Morgan fingerprint density at radius 1 is 1.21 bits per heavy atom. The first kappa shape index (κ1) is 14.1. The Bertz CT molecular complexity index is 348. The average Bonchev–Trinajstić information content (AvgIpc) is 2.87. The molecular formula is C13H23N3O3. The number of carbonyl (C=O) groups excluding carboxylic acids is 1. The van der Waals surface area contributed by atoms with Crippen molar-refractivity contribution in [1.82, 2.24) is 15.1 Å². The molecule has 0 saturated carbocycles. The molecule has 6 heteroatoms. The highest BCUT2D eigenvalue weighted by atomic mass is 16.4. The van der Waals surface area contributed by atoms with Crippen LogP contribution >= 0.6 is 0 Å². The van der Waals surface area contributed by atoms with Crippen molar-refractivity contribution in [2.45, 2.75) is 44.2 Å². The molecule has 2 fully saturated rings. The summed E-state index contributed by atoms with van der Waals surface area (Å²) in [6.07, 6.45) is 4.85. The highest BCUT2D eigenvalue weighted by Crippen LogP contribution is 2.18. The third-order valence-corrected chi connectivity index (χ3v) is 4.21. The molecule has 2 N–H and O–H groups in total. The number of hydrogen-bond donors (Lipinski definition) is 2. The fraction of sp³-hybridized carbons (Fsp3) is 0.846. The van der Waals surface area contributed by atoms with Gasteiger partial charge in [-0.25, -0.2) is 9.59 Å². The number of urea groups is 1. The summed E-state index contributed by atoms with van der Waals surface area (Å²) >= 11 is 0. The summed E-state index contributed by atoms with van der Waals surface area (Å²) in [7, 11) is 2.08.